The molecule has 2 aromatic rings. The van der Waals surface area contributed by atoms with Crippen LogP contribution >= 0.6 is 0 Å². The predicted molar refractivity (Wildman–Crippen MR) is 127 cm³/mol. The largest absolute Gasteiger partial charge is 0.395 e. The van der Waals surface area contributed by atoms with Crippen molar-refractivity contribution >= 4 is 23.1 Å². The van der Waals surface area contributed by atoms with E-state index in [1.165, 1.54) is 24.4 Å². The zero-order chi connectivity index (χ0) is 26.1. The van der Waals surface area contributed by atoms with Gasteiger partial charge in [0.15, 0.2) is 0 Å². The summed E-state index contributed by atoms with van der Waals surface area (Å²) in [5.74, 6) is -3.48. The van der Waals surface area contributed by atoms with E-state index in [-0.39, 0.29) is 52.2 Å². The van der Waals surface area contributed by atoms with Crippen LogP contribution in [0, 0.1) is 28.5 Å². The second-order valence-corrected chi connectivity index (χ2v) is 9.66. The van der Waals surface area contributed by atoms with E-state index in [1.807, 2.05) is 0 Å². The SMILES string of the molecule is CC(c1c(C(=N)c2ccc(F)cc2NC2(CC#N)CCC2)ccnc1NC(=O)C1CCC1)C(F)(F)F. The summed E-state index contributed by atoms with van der Waals surface area (Å²) >= 11 is 0. The fourth-order valence-corrected chi connectivity index (χ4v) is 4.65. The number of halogens is 4. The second kappa shape index (κ2) is 9.88. The van der Waals surface area contributed by atoms with E-state index < -0.39 is 23.5 Å². The van der Waals surface area contributed by atoms with Crippen LogP contribution < -0.4 is 10.6 Å². The highest BCUT2D eigenvalue weighted by Crippen LogP contribution is 2.42. The minimum absolute atomic E-state index is 0.0589. The van der Waals surface area contributed by atoms with Crippen LogP contribution in [0.1, 0.15) is 74.5 Å². The lowest BCUT2D eigenvalue weighted by Crippen LogP contribution is -2.45. The lowest BCUT2D eigenvalue weighted by Gasteiger charge is -2.42. The van der Waals surface area contributed by atoms with E-state index >= 15 is 0 Å². The molecule has 0 spiro atoms. The molecule has 2 aliphatic carbocycles. The molecule has 0 aliphatic heterocycles. The number of aromatic nitrogens is 1. The monoisotopic (exact) mass is 501 g/mol. The number of anilines is 2. The highest BCUT2D eigenvalue weighted by Gasteiger charge is 2.42. The van der Waals surface area contributed by atoms with Gasteiger partial charge in [-0.3, -0.25) is 10.2 Å². The molecule has 1 aromatic carbocycles. The number of nitriles is 1. The molecule has 2 aliphatic rings. The Bertz CT molecular complexity index is 1210. The summed E-state index contributed by atoms with van der Waals surface area (Å²) < 4.78 is 56.0. The third-order valence-corrected chi connectivity index (χ3v) is 7.28. The van der Waals surface area contributed by atoms with Crippen molar-refractivity contribution in [1.29, 1.82) is 10.7 Å². The summed E-state index contributed by atoms with van der Waals surface area (Å²) in [6.45, 7) is 0.965. The molecule has 1 unspecified atom stereocenters. The van der Waals surface area contributed by atoms with Crippen molar-refractivity contribution in [1.82, 2.24) is 4.98 Å². The molecule has 1 heterocycles. The first-order valence-corrected chi connectivity index (χ1v) is 11.9. The molecule has 10 heteroatoms. The molecule has 36 heavy (non-hydrogen) atoms. The minimum atomic E-state index is -4.65. The van der Waals surface area contributed by atoms with Crippen molar-refractivity contribution in [3.63, 3.8) is 0 Å². The van der Waals surface area contributed by atoms with Crippen molar-refractivity contribution in [2.75, 3.05) is 10.6 Å². The van der Waals surface area contributed by atoms with Crippen LogP contribution in [0.2, 0.25) is 0 Å². The van der Waals surface area contributed by atoms with Gasteiger partial charge in [-0.05, 0) is 63.3 Å². The van der Waals surface area contributed by atoms with E-state index in [1.54, 1.807) is 0 Å². The molecule has 3 N–H and O–H groups in total. The van der Waals surface area contributed by atoms with Crippen molar-refractivity contribution in [3.05, 3.63) is 53.0 Å². The molecule has 0 radical (unpaired) electrons. The summed E-state index contributed by atoms with van der Waals surface area (Å²) in [6, 6.07) is 7.10. The zero-order valence-electron chi connectivity index (χ0n) is 19.8. The van der Waals surface area contributed by atoms with Gasteiger partial charge in [0.1, 0.15) is 11.6 Å². The number of nitrogens with zero attached hydrogens (tertiary/aromatic N) is 2. The molecule has 4 rings (SSSR count). The first-order chi connectivity index (χ1) is 17.0. The van der Waals surface area contributed by atoms with Gasteiger partial charge in [-0.15, -0.1) is 0 Å². The van der Waals surface area contributed by atoms with Gasteiger partial charge in [0.25, 0.3) is 0 Å². The number of rotatable bonds is 8. The number of alkyl halides is 3. The standard InChI is InChI=1S/C26H27F4N5O/c1-15(26(28,29)30)21-19(8-13-33-23(21)34-24(36)16-4-2-5-16)22(32)18-7-6-17(27)14-20(18)35-25(11-12-31)9-3-10-25/h6-8,13-16,32,35H,2-5,9-11H2,1H3,(H,33,34,36). The molecular weight excluding hydrogens is 474 g/mol. The van der Waals surface area contributed by atoms with E-state index in [9.17, 15) is 27.6 Å². The van der Waals surface area contributed by atoms with Gasteiger partial charge >= 0.3 is 6.18 Å². The summed E-state index contributed by atoms with van der Waals surface area (Å²) in [5.41, 5.74) is -0.780. The van der Waals surface area contributed by atoms with Gasteiger partial charge in [0.2, 0.25) is 5.91 Å². The molecule has 0 saturated heterocycles. The number of carbonyl (C=O) groups is 1. The third kappa shape index (κ3) is 5.06. The summed E-state index contributed by atoms with van der Waals surface area (Å²) in [6.07, 6.45) is 1.27. The number of carbonyl (C=O) groups excluding carboxylic acids is 1. The average molecular weight is 502 g/mol. The van der Waals surface area contributed by atoms with E-state index in [0.29, 0.717) is 25.7 Å². The number of pyridine rings is 1. The third-order valence-electron chi connectivity index (χ3n) is 7.28. The zero-order valence-corrected chi connectivity index (χ0v) is 19.8. The van der Waals surface area contributed by atoms with Crippen LogP contribution in [0.4, 0.5) is 29.1 Å². The maximum atomic E-state index is 14.2. The normalized spacial score (nSPS) is 17.8. The average Bonchev–Trinajstić information content (AvgIpc) is 2.75. The van der Waals surface area contributed by atoms with Gasteiger partial charge in [-0.1, -0.05) is 6.42 Å². The Morgan fingerprint density at radius 2 is 1.97 bits per heavy atom. The highest BCUT2D eigenvalue weighted by atomic mass is 19.4. The Kier molecular flexibility index (Phi) is 7.03. The first kappa shape index (κ1) is 25.6. The summed E-state index contributed by atoms with van der Waals surface area (Å²) in [5, 5.41) is 23.9. The van der Waals surface area contributed by atoms with Gasteiger partial charge in [0, 0.05) is 34.5 Å². The van der Waals surface area contributed by atoms with Crippen LogP contribution in [-0.2, 0) is 4.79 Å². The van der Waals surface area contributed by atoms with Gasteiger partial charge in [-0.25, -0.2) is 9.37 Å². The molecule has 1 amide bonds. The summed E-state index contributed by atoms with van der Waals surface area (Å²) in [4.78, 5) is 16.6. The molecule has 1 atom stereocenters. The minimum Gasteiger partial charge on any atom is -0.378 e. The maximum Gasteiger partial charge on any atom is 0.395 e. The van der Waals surface area contributed by atoms with Crippen LogP contribution in [-0.4, -0.2) is 28.3 Å². The van der Waals surface area contributed by atoms with Crippen LogP contribution in [0.15, 0.2) is 30.5 Å². The number of hydrogen-bond acceptors (Lipinski definition) is 5. The molecule has 6 nitrogen and oxygen atoms in total. The Morgan fingerprint density at radius 3 is 2.53 bits per heavy atom. The second-order valence-electron chi connectivity index (χ2n) is 9.66. The number of amides is 1. The van der Waals surface area contributed by atoms with E-state index in [0.717, 1.165) is 25.8 Å². The smallest absolute Gasteiger partial charge is 0.378 e. The fraction of sp³-hybridized carbons (Fsp3) is 0.462. The van der Waals surface area contributed by atoms with Crippen LogP contribution in [0.3, 0.4) is 0 Å². The number of nitrogens with one attached hydrogen (secondary N) is 3. The van der Waals surface area contributed by atoms with Gasteiger partial charge < -0.3 is 10.6 Å². The number of hydrogen-bond donors (Lipinski definition) is 3. The van der Waals surface area contributed by atoms with Crippen molar-refractivity contribution in [2.24, 2.45) is 5.92 Å². The first-order valence-electron chi connectivity index (χ1n) is 11.9. The van der Waals surface area contributed by atoms with Crippen LogP contribution in [0.5, 0.6) is 0 Å². The number of benzene rings is 1. The Hall–Kier alpha value is -3.48. The molecular formula is C26H27F4N5O. The van der Waals surface area contributed by atoms with Crippen molar-refractivity contribution in [3.8, 4) is 6.07 Å². The quantitative estimate of drug-likeness (QED) is 0.292. The van der Waals surface area contributed by atoms with E-state index in [4.69, 9.17) is 5.41 Å². The molecule has 2 fully saturated rings. The highest BCUT2D eigenvalue weighted by molar-refractivity contribution is 6.15. The maximum absolute atomic E-state index is 14.2. The Balaban J connectivity index is 1.77. The van der Waals surface area contributed by atoms with E-state index in [2.05, 4.69) is 21.7 Å². The molecule has 2 saturated carbocycles. The Labute approximate surface area is 206 Å². The lowest BCUT2D eigenvalue weighted by atomic mass is 9.74. The Morgan fingerprint density at radius 1 is 1.25 bits per heavy atom. The predicted octanol–water partition coefficient (Wildman–Crippen LogP) is 6.29. The molecule has 1 aromatic heterocycles. The lowest BCUT2D eigenvalue weighted by molar-refractivity contribution is -0.146. The fourth-order valence-electron chi connectivity index (χ4n) is 4.65. The van der Waals surface area contributed by atoms with Crippen molar-refractivity contribution < 1.29 is 22.4 Å². The van der Waals surface area contributed by atoms with Gasteiger partial charge in [-0.2, -0.15) is 18.4 Å². The molecule has 0 bridgehead atoms. The summed E-state index contributed by atoms with van der Waals surface area (Å²) in [7, 11) is 0. The molecule has 190 valence electrons. The van der Waals surface area contributed by atoms with Gasteiger partial charge in [0.05, 0.1) is 29.7 Å². The van der Waals surface area contributed by atoms with Crippen LogP contribution in [0.25, 0.3) is 0 Å². The van der Waals surface area contributed by atoms with Crippen molar-refractivity contribution in [2.45, 2.75) is 69.5 Å². The topological polar surface area (TPSA) is 102 Å².